The Hall–Kier alpha value is -3.22. The summed E-state index contributed by atoms with van der Waals surface area (Å²) in [6, 6.07) is 11.7. The number of amidine groups is 1. The summed E-state index contributed by atoms with van der Waals surface area (Å²) in [5, 5.41) is 2.43. The Bertz CT molecular complexity index is 741. The van der Waals surface area contributed by atoms with E-state index in [1.165, 1.54) is 20.3 Å². The average molecular weight is 331 g/mol. The van der Waals surface area contributed by atoms with Gasteiger partial charge in [0.25, 0.3) is 0 Å². The average Bonchev–Trinajstić information content (AvgIpc) is 2.65. The van der Waals surface area contributed by atoms with Gasteiger partial charge in [0, 0.05) is 0 Å². The van der Waals surface area contributed by atoms with Crippen molar-refractivity contribution < 1.29 is 29.0 Å². The molecule has 2 rings (SSSR count). The number of rotatable bonds is 6. The fraction of sp³-hybridized carbons (Fsp3) is 0.176. The SMILES string of the molecule is COc1ccc(C(N)=[NH+]OC(=O)c2ccc(OC)c(OC)c2)cc1. The molecule has 0 bridgehead atoms. The number of methoxy groups -OCH3 is 3. The van der Waals surface area contributed by atoms with Crippen LogP contribution < -0.4 is 25.1 Å². The van der Waals surface area contributed by atoms with Crippen LogP contribution >= 0.6 is 0 Å². The molecule has 0 aromatic heterocycles. The van der Waals surface area contributed by atoms with E-state index in [1.54, 1.807) is 43.5 Å². The highest BCUT2D eigenvalue weighted by Crippen LogP contribution is 2.27. The molecular weight excluding hydrogens is 312 g/mol. The number of hydrogen-bond acceptors (Lipinski definition) is 5. The standard InChI is InChI=1S/C17H18N2O5/c1-21-13-7-4-11(5-8-13)16(18)19-24-17(20)12-6-9-14(22-2)15(10-12)23-3/h4-10H,1-3H3,(H2,18,19)/p+1. The van der Waals surface area contributed by atoms with Gasteiger partial charge in [-0.1, -0.05) is 5.16 Å². The second-order valence-electron chi connectivity index (χ2n) is 4.70. The lowest BCUT2D eigenvalue weighted by molar-refractivity contribution is -0.721. The summed E-state index contributed by atoms with van der Waals surface area (Å²) in [5.41, 5.74) is 6.81. The molecule has 0 saturated heterocycles. The van der Waals surface area contributed by atoms with Crippen LogP contribution in [0.3, 0.4) is 0 Å². The van der Waals surface area contributed by atoms with Crippen LogP contribution in [-0.4, -0.2) is 33.1 Å². The third-order valence-corrected chi connectivity index (χ3v) is 3.27. The van der Waals surface area contributed by atoms with Crippen molar-refractivity contribution in [1.29, 1.82) is 0 Å². The molecule has 0 amide bonds. The Labute approximate surface area is 139 Å². The first-order valence-electron chi connectivity index (χ1n) is 7.05. The predicted molar refractivity (Wildman–Crippen MR) is 87.2 cm³/mol. The van der Waals surface area contributed by atoms with E-state index in [9.17, 15) is 4.79 Å². The number of nitrogens with two attached hydrogens (primary N) is 1. The Morgan fingerprint density at radius 3 is 2.08 bits per heavy atom. The molecule has 0 atom stereocenters. The summed E-state index contributed by atoms with van der Waals surface area (Å²) in [4.78, 5) is 17.1. The predicted octanol–water partition coefficient (Wildman–Crippen LogP) is 0.270. The summed E-state index contributed by atoms with van der Waals surface area (Å²) >= 11 is 0. The zero-order valence-corrected chi connectivity index (χ0v) is 13.7. The van der Waals surface area contributed by atoms with Gasteiger partial charge in [-0.3, -0.25) is 10.6 Å². The third-order valence-electron chi connectivity index (χ3n) is 3.27. The van der Waals surface area contributed by atoms with Gasteiger partial charge in [-0.05, 0) is 42.5 Å². The minimum Gasteiger partial charge on any atom is -0.497 e. The maximum atomic E-state index is 12.1. The summed E-state index contributed by atoms with van der Waals surface area (Å²) in [5.74, 6) is 1.25. The molecule has 0 saturated carbocycles. The molecule has 2 aromatic rings. The molecule has 3 N–H and O–H groups in total. The number of hydrogen-bond donors (Lipinski definition) is 2. The van der Waals surface area contributed by atoms with Crippen LogP contribution in [0.25, 0.3) is 0 Å². The molecule has 0 spiro atoms. The molecule has 0 aliphatic rings. The minimum atomic E-state index is -0.604. The van der Waals surface area contributed by atoms with E-state index in [1.807, 2.05) is 0 Å². The lowest BCUT2D eigenvalue weighted by atomic mass is 10.2. The Balaban J connectivity index is 2.10. The van der Waals surface area contributed by atoms with Crippen molar-refractivity contribution in [2.75, 3.05) is 21.3 Å². The van der Waals surface area contributed by atoms with Gasteiger partial charge >= 0.3 is 11.8 Å². The smallest absolute Gasteiger partial charge is 0.388 e. The first kappa shape index (κ1) is 17.1. The maximum absolute atomic E-state index is 12.1. The Morgan fingerprint density at radius 1 is 0.875 bits per heavy atom. The first-order chi connectivity index (χ1) is 11.6. The number of benzene rings is 2. The molecule has 0 aliphatic carbocycles. The van der Waals surface area contributed by atoms with Crippen LogP contribution in [0.2, 0.25) is 0 Å². The van der Waals surface area contributed by atoms with Gasteiger partial charge in [-0.15, -0.1) is 0 Å². The van der Waals surface area contributed by atoms with E-state index in [2.05, 4.69) is 5.16 Å². The van der Waals surface area contributed by atoms with Gasteiger partial charge in [0.1, 0.15) is 5.75 Å². The Morgan fingerprint density at radius 2 is 1.50 bits per heavy atom. The van der Waals surface area contributed by atoms with Crippen molar-refractivity contribution in [2.45, 2.75) is 0 Å². The zero-order valence-electron chi connectivity index (χ0n) is 13.7. The van der Waals surface area contributed by atoms with E-state index < -0.39 is 5.97 Å². The van der Waals surface area contributed by atoms with Gasteiger partial charge in [0.05, 0.1) is 32.5 Å². The lowest BCUT2D eigenvalue weighted by Crippen LogP contribution is -2.75. The van der Waals surface area contributed by atoms with Crippen LogP contribution in [-0.2, 0) is 4.84 Å². The second-order valence-corrected chi connectivity index (χ2v) is 4.70. The molecular formula is C17H19N2O5+. The number of ether oxygens (including phenoxy) is 3. The highest BCUT2D eigenvalue weighted by molar-refractivity contribution is 5.93. The molecule has 126 valence electrons. The molecule has 7 heteroatoms. The molecule has 2 aromatic carbocycles. The normalized spacial score (nSPS) is 10.9. The van der Waals surface area contributed by atoms with Crippen molar-refractivity contribution in [3.05, 3.63) is 53.6 Å². The number of carbonyl (C=O) groups excluding carboxylic acids is 1. The van der Waals surface area contributed by atoms with E-state index in [0.717, 1.165) is 0 Å². The third kappa shape index (κ3) is 3.95. The number of nitrogens with one attached hydrogen (secondary N) is 1. The fourth-order valence-corrected chi connectivity index (χ4v) is 1.95. The fourth-order valence-electron chi connectivity index (χ4n) is 1.95. The molecule has 0 heterocycles. The van der Waals surface area contributed by atoms with E-state index in [0.29, 0.717) is 28.4 Å². The Kier molecular flexibility index (Phi) is 5.62. The number of carbonyl (C=O) groups is 1. The van der Waals surface area contributed by atoms with Crippen LogP contribution in [0.15, 0.2) is 42.5 Å². The molecule has 0 unspecified atom stereocenters. The summed E-state index contributed by atoms with van der Waals surface area (Å²) < 4.78 is 15.3. The lowest BCUT2D eigenvalue weighted by Gasteiger charge is -2.07. The van der Waals surface area contributed by atoms with Crippen molar-refractivity contribution in [2.24, 2.45) is 5.73 Å². The van der Waals surface area contributed by atoms with Gasteiger partial charge < -0.3 is 14.2 Å². The van der Waals surface area contributed by atoms with Crippen LogP contribution in [0.4, 0.5) is 0 Å². The van der Waals surface area contributed by atoms with Crippen LogP contribution in [0, 0.1) is 0 Å². The molecule has 0 radical (unpaired) electrons. The minimum absolute atomic E-state index is 0.200. The van der Waals surface area contributed by atoms with E-state index >= 15 is 0 Å². The van der Waals surface area contributed by atoms with Crippen molar-refractivity contribution >= 4 is 11.8 Å². The monoisotopic (exact) mass is 331 g/mol. The molecule has 0 fully saturated rings. The van der Waals surface area contributed by atoms with Crippen molar-refractivity contribution in [3.8, 4) is 17.2 Å². The van der Waals surface area contributed by atoms with Crippen LogP contribution in [0.5, 0.6) is 17.2 Å². The van der Waals surface area contributed by atoms with Gasteiger partial charge in [-0.25, -0.2) is 4.79 Å². The number of nitrogen functional groups attached to an aromatic ring is 1. The summed E-state index contributed by atoms with van der Waals surface area (Å²) in [7, 11) is 4.58. The quantitative estimate of drug-likeness (QED) is 0.342. The highest BCUT2D eigenvalue weighted by atomic mass is 16.7. The summed E-state index contributed by atoms with van der Waals surface area (Å²) in [6.07, 6.45) is 0. The highest BCUT2D eigenvalue weighted by Gasteiger charge is 2.14. The molecule has 24 heavy (non-hydrogen) atoms. The first-order valence-corrected chi connectivity index (χ1v) is 7.05. The zero-order chi connectivity index (χ0) is 17.5. The van der Waals surface area contributed by atoms with Crippen LogP contribution in [0.1, 0.15) is 15.9 Å². The van der Waals surface area contributed by atoms with Crippen molar-refractivity contribution in [1.82, 2.24) is 0 Å². The van der Waals surface area contributed by atoms with Gasteiger partial charge in [0.15, 0.2) is 11.5 Å². The largest absolute Gasteiger partial charge is 0.497 e. The maximum Gasteiger partial charge on any atom is 0.388 e. The van der Waals surface area contributed by atoms with Gasteiger partial charge in [-0.2, -0.15) is 0 Å². The van der Waals surface area contributed by atoms with E-state index in [-0.39, 0.29) is 5.84 Å². The molecule has 7 nitrogen and oxygen atoms in total. The second kappa shape index (κ2) is 7.87. The van der Waals surface area contributed by atoms with E-state index in [4.69, 9.17) is 24.8 Å². The molecule has 0 aliphatic heterocycles. The van der Waals surface area contributed by atoms with Gasteiger partial charge in [0.2, 0.25) is 0 Å². The summed E-state index contributed by atoms with van der Waals surface area (Å²) in [6.45, 7) is 0. The van der Waals surface area contributed by atoms with Crippen molar-refractivity contribution in [3.63, 3.8) is 0 Å². The topological polar surface area (TPSA) is 94.0 Å².